The third-order valence-corrected chi connectivity index (χ3v) is 17.9. The van der Waals surface area contributed by atoms with Crippen molar-refractivity contribution in [2.75, 3.05) is 0 Å². The number of hydrogen-bond acceptors (Lipinski definition) is 1. The van der Waals surface area contributed by atoms with Crippen LogP contribution >= 0.6 is 0 Å². The molecule has 4 heteroatoms. The predicted octanol–water partition coefficient (Wildman–Crippen LogP) is 2.90. The molecule has 0 aliphatic carbocycles. The monoisotopic (exact) mass is 317 g/mol. The van der Waals surface area contributed by atoms with Crippen LogP contribution in [0, 0.1) is 0 Å². The molecule has 0 aliphatic heterocycles. The van der Waals surface area contributed by atoms with Crippen LogP contribution in [0.25, 0.3) is 0 Å². The molecule has 0 radical (unpaired) electrons. The third kappa shape index (κ3) is 4.19. The minimum absolute atomic E-state index is 0.510. The first-order chi connectivity index (χ1) is 7.21. The Bertz CT molecular complexity index is 313. The van der Waals surface area contributed by atoms with Crippen molar-refractivity contribution in [3.05, 3.63) is 30.3 Å². The van der Waals surface area contributed by atoms with E-state index in [-0.39, 0.29) is 0 Å². The second kappa shape index (κ2) is 5.19. The number of benzene rings is 1. The Balaban J connectivity index is 2.89. The summed E-state index contributed by atoms with van der Waals surface area (Å²) >= 11 is 0.510. The molecule has 0 heterocycles. The summed E-state index contributed by atoms with van der Waals surface area (Å²) in [6.07, 6.45) is 0. The molecule has 0 N–H and O–H groups in total. The molecule has 0 saturated heterocycles. The molecule has 0 spiro atoms. The van der Waals surface area contributed by atoms with Crippen molar-refractivity contribution >= 4 is 36.1 Å². The van der Waals surface area contributed by atoms with Gasteiger partial charge in [0.2, 0.25) is 0 Å². The van der Waals surface area contributed by atoms with Crippen LogP contribution < -0.4 is 4.46 Å². The van der Waals surface area contributed by atoms with Gasteiger partial charge >= 0.3 is 109 Å². The van der Waals surface area contributed by atoms with Crippen LogP contribution in [-0.4, -0.2) is 34.9 Å². The van der Waals surface area contributed by atoms with Gasteiger partial charge in [0.05, 0.1) is 0 Å². The zero-order chi connectivity index (χ0) is 12.4. The van der Waals surface area contributed by atoms with E-state index in [4.69, 9.17) is 0 Å². The Hall–Kier alpha value is 0.133. The van der Waals surface area contributed by atoms with E-state index in [1.165, 1.54) is 4.46 Å². The molecule has 0 fully saturated rings. The molecule has 0 aromatic heterocycles. The van der Waals surface area contributed by atoms with Gasteiger partial charge in [0.15, 0.2) is 0 Å². The van der Waals surface area contributed by atoms with Gasteiger partial charge in [-0.1, -0.05) is 0 Å². The fourth-order valence-electron chi connectivity index (χ4n) is 1.87. The second-order valence-electron chi connectivity index (χ2n) is 6.04. The Morgan fingerprint density at radius 2 is 1.25 bits per heavy atom. The standard InChI is InChI=1S/C12H23NSeSi2/c1-15(2,3)13(16(4,5)6)14-12-10-8-7-9-11-12/h7-11H,1-6H3. The summed E-state index contributed by atoms with van der Waals surface area (Å²) in [4.78, 5) is 0. The van der Waals surface area contributed by atoms with E-state index in [0.29, 0.717) is 15.2 Å². The average molecular weight is 316 g/mol. The Labute approximate surface area is 109 Å². The van der Waals surface area contributed by atoms with Gasteiger partial charge in [0.25, 0.3) is 0 Å². The molecule has 0 saturated carbocycles. The van der Waals surface area contributed by atoms with Gasteiger partial charge in [-0.3, -0.25) is 0 Å². The Morgan fingerprint density at radius 3 is 1.62 bits per heavy atom. The van der Waals surface area contributed by atoms with E-state index in [1.807, 2.05) is 0 Å². The normalized spacial score (nSPS) is 13.2. The van der Waals surface area contributed by atoms with Crippen LogP contribution in [0.1, 0.15) is 0 Å². The van der Waals surface area contributed by atoms with Crippen LogP contribution in [0.3, 0.4) is 0 Å². The molecule has 0 unspecified atom stereocenters. The molecule has 1 aromatic rings. The fraction of sp³-hybridized carbons (Fsp3) is 0.500. The van der Waals surface area contributed by atoms with E-state index in [9.17, 15) is 0 Å². The van der Waals surface area contributed by atoms with Crippen LogP contribution in [0.15, 0.2) is 30.3 Å². The molecule has 0 bridgehead atoms. The van der Waals surface area contributed by atoms with Crippen molar-refractivity contribution in [3.63, 3.8) is 0 Å². The number of hydrogen-bond donors (Lipinski definition) is 0. The summed E-state index contributed by atoms with van der Waals surface area (Å²) in [5.74, 6) is 0. The van der Waals surface area contributed by atoms with Gasteiger partial charge in [-0.25, -0.2) is 0 Å². The summed E-state index contributed by atoms with van der Waals surface area (Å²) in [6.45, 7) is 14.8. The zero-order valence-corrected chi connectivity index (χ0v) is 15.0. The molecular formula is C12H23NSeSi2. The molecule has 0 amide bonds. The number of nitrogens with zero attached hydrogens (tertiary/aromatic N) is 1. The van der Waals surface area contributed by atoms with Crippen molar-refractivity contribution in [2.24, 2.45) is 0 Å². The molecule has 1 nitrogen and oxygen atoms in total. The predicted molar refractivity (Wildman–Crippen MR) is 80.4 cm³/mol. The summed E-state index contributed by atoms with van der Waals surface area (Å²) in [6, 6.07) is 11.0. The molecule has 90 valence electrons. The topological polar surface area (TPSA) is 3.24 Å². The van der Waals surface area contributed by atoms with E-state index in [2.05, 4.69) is 72.9 Å². The maximum atomic E-state index is 2.88. The van der Waals surface area contributed by atoms with Gasteiger partial charge in [0.1, 0.15) is 0 Å². The minimum atomic E-state index is -1.18. The van der Waals surface area contributed by atoms with Crippen LogP contribution in [0.4, 0.5) is 0 Å². The van der Waals surface area contributed by atoms with Crippen molar-refractivity contribution < 1.29 is 0 Å². The fourth-order valence-corrected chi connectivity index (χ4v) is 16.0. The summed E-state index contributed by atoms with van der Waals surface area (Å²) < 4.78 is 4.39. The molecule has 0 aliphatic rings. The SMILES string of the molecule is C[Si](C)(C)N([Se]c1ccccc1)[Si](C)(C)C. The average Bonchev–Trinajstić information content (AvgIpc) is 2.12. The molecule has 1 rings (SSSR count). The first-order valence-electron chi connectivity index (χ1n) is 5.74. The summed E-state index contributed by atoms with van der Waals surface area (Å²) in [5.41, 5.74) is 0. The van der Waals surface area contributed by atoms with Crippen molar-refractivity contribution in [2.45, 2.75) is 39.3 Å². The van der Waals surface area contributed by atoms with Gasteiger partial charge in [-0.15, -0.1) is 0 Å². The summed E-state index contributed by atoms with van der Waals surface area (Å²) in [5, 5.41) is 0. The van der Waals surface area contributed by atoms with Gasteiger partial charge in [-0.2, -0.15) is 0 Å². The molecule has 16 heavy (non-hydrogen) atoms. The van der Waals surface area contributed by atoms with Crippen molar-refractivity contribution in [3.8, 4) is 0 Å². The van der Waals surface area contributed by atoms with Crippen molar-refractivity contribution in [1.29, 1.82) is 0 Å². The van der Waals surface area contributed by atoms with E-state index in [0.717, 1.165) is 0 Å². The van der Waals surface area contributed by atoms with Crippen LogP contribution in [0.5, 0.6) is 0 Å². The van der Waals surface area contributed by atoms with Crippen LogP contribution in [0.2, 0.25) is 39.3 Å². The van der Waals surface area contributed by atoms with E-state index >= 15 is 0 Å². The Morgan fingerprint density at radius 1 is 0.812 bits per heavy atom. The molecule has 0 atom stereocenters. The second-order valence-corrected chi connectivity index (χ2v) is 19.7. The van der Waals surface area contributed by atoms with Crippen LogP contribution in [-0.2, 0) is 0 Å². The van der Waals surface area contributed by atoms with Crippen molar-refractivity contribution in [1.82, 2.24) is 3.25 Å². The van der Waals surface area contributed by atoms with Gasteiger partial charge < -0.3 is 0 Å². The first kappa shape index (κ1) is 14.2. The molecule has 1 aromatic carbocycles. The maximum absolute atomic E-state index is 2.88. The van der Waals surface area contributed by atoms with E-state index < -0.39 is 16.5 Å². The van der Waals surface area contributed by atoms with Gasteiger partial charge in [-0.05, 0) is 0 Å². The summed E-state index contributed by atoms with van der Waals surface area (Å²) in [7, 11) is -2.36. The third-order valence-electron chi connectivity index (χ3n) is 2.16. The zero-order valence-electron chi connectivity index (χ0n) is 11.2. The first-order valence-corrected chi connectivity index (χ1v) is 14.3. The Kier molecular flexibility index (Phi) is 4.60. The quantitative estimate of drug-likeness (QED) is 0.772. The van der Waals surface area contributed by atoms with Gasteiger partial charge in [0, 0.05) is 0 Å². The molecular weight excluding hydrogens is 293 g/mol. The number of rotatable bonds is 4. The van der Waals surface area contributed by atoms with E-state index in [1.54, 1.807) is 0 Å².